The van der Waals surface area contributed by atoms with E-state index in [4.69, 9.17) is 0 Å². The molecule has 19 heavy (non-hydrogen) atoms. The van der Waals surface area contributed by atoms with Gasteiger partial charge >= 0.3 is 0 Å². The lowest BCUT2D eigenvalue weighted by atomic mass is 10.3. The minimum atomic E-state index is -0.628. The largest absolute Gasteiger partial charge is 0.340 e. The van der Waals surface area contributed by atoms with Crippen LogP contribution in [-0.4, -0.2) is 22.8 Å². The van der Waals surface area contributed by atoms with E-state index in [0.717, 1.165) is 0 Å². The van der Waals surface area contributed by atoms with Gasteiger partial charge in [0, 0.05) is 6.20 Å². The SMILES string of the molecule is C[C@@H](NC(=O)c1cccs1)C(=O)Nc1ccccn1. The molecule has 1 atom stereocenters. The minimum Gasteiger partial charge on any atom is -0.340 e. The Balaban J connectivity index is 1.91. The Morgan fingerprint density at radius 2 is 2.11 bits per heavy atom. The fourth-order valence-corrected chi connectivity index (χ4v) is 2.04. The van der Waals surface area contributed by atoms with Crippen molar-refractivity contribution >= 4 is 29.0 Å². The number of nitrogens with one attached hydrogen (secondary N) is 2. The summed E-state index contributed by atoms with van der Waals surface area (Å²) in [6, 6.07) is 8.10. The third kappa shape index (κ3) is 3.62. The number of pyridine rings is 1. The lowest BCUT2D eigenvalue weighted by molar-refractivity contribution is -0.117. The van der Waals surface area contributed by atoms with Gasteiger partial charge in [0.1, 0.15) is 11.9 Å². The molecule has 2 heterocycles. The Morgan fingerprint density at radius 3 is 2.74 bits per heavy atom. The van der Waals surface area contributed by atoms with Gasteiger partial charge in [-0.3, -0.25) is 9.59 Å². The molecule has 0 aliphatic heterocycles. The number of aromatic nitrogens is 1. The lowest BCUT2D eigenvalue weighted by Crippen LogP contribution is -2.41. The average molecular weight is 275 g/mol. The van der Waals surface area contributed by atoms with Crippen LogP contribution in [0.3, 0.4) is 0 Å². The summed E-state index contributed by atoms with van der Waals surface area (Å²) in [4.78, 5) is 28.2. The average Bonchev–Trinajstić information content (AvgIpc) is 2.93. The number of hydrogen-bond acceptors (Lipinski definition) is 4. The summed E-state index contributed by atoms with van der Waals surface area (Å²) < 4.78 is 0. The van der Waals surface area contributed by atoms with Crippen molar-refractivity contribution in [2.75, 3.05) is 5.32 Å². The molecule has 98 valence electrons. The van der Waals surface area contributed by atoms with Crippen LogP contribution in [-0.2, 0) is 4.79 Å². The molecule has 0 spiro atoms. The molecule has 0 radical (unpaired) electrons. The quantitative estimate of drug-likeness (QED) is 0.895. The molecular weight excluding hydrogens is 262 g/mol. The van der Waals surface area contributed by atoms with E-state index in [2.05, 4.69) is 15.6 Å². The first-order valence-electron chi connectivity index (χ1n) is 5.73. The van der Waals surface area contributed by atoms with Crippen molar-refractivity contribution in [3.63, 3.8) is 0 Å². The topological polar surface area (TPSA) is 71.1 Å². The highest BCUT2D eigenvalue weighted by Gasteiger charge is 2.17. The molecule has 2 N–H and O–H groups in total. The molecule has 2 amide bonds. The van der Waals surface area contributed by atoms with Crippen molar-refractivity contribution in [2.24, 2.45) is 0 Å². The molecule has 0 aromatic carbocycles. The fraction of sp³-hybridized carbons (Fsp3) is 0.154. The zero-order valence-corrected chi connectivity index (χ0v) is 11.1. The summed E-state index contributed by atoms with van der Waals surface area (Å²) in [6.07, 6.45) is 1.59. The predicted octanol–water partition coefficient (Wildman–Crippen LogP) is 1.90. The summed E-state index contributed by atoms with van der Waals surface area (Å²) in [6.45, 7) is 1.63. The van der Waals surface area contributed by atoms with Crippen molar-refractivity contribution in [2.45, 2.75) is 13.0 Å². The number of rotatable bonds is 4. The van der Waals surface area contributed by atoms with E-state index in [1.165, 1.54) is 11.3 Å². The molecule has 0 saturated heterocycles. The number of hydrogen-bond donors (Lipinski definition) is 2. The van der Waals surface area contributed by atoms with Gasteiger partial charge in [0.05, 0.1) is 4.88 Å². The van der Waals surface area contributed by atoms with Crippen molar-refractivity contribution in [1.82, 2.24) is 10.3 Å². The standard InChI is InChI=1S/C13H13N3O2S/c1-9(15-13(18)10-5-4-8-19-10)12(17)16-11-6-2-3-7-14-11/h2-9H,1H3,(H,15,18)(H,14,16,17)/t9-/m1/s1. The molecule has 0 aliphatic carbocycles. The molecule has 6 heteroatoms. The van der Waals surface area contributed by atoms with Crippen LogP contribution < -0.4 is 10.6 Å². The van der Waals surface area contributed by atoms with E-state index in [1.807, 2.05) is 5.38 Å². The Morgan fingerprint density at radius 1 is 1.26 bits per heavy atom. The normalized spacial score (nSPS) is 11.6. The van der Waals surface area contributed by atoms with Gasteiger partial charge < -0.3 is 10.6 Å². The van der Waals surface area contributed by atoms with Crippen LogP contribution >= 0.6 is 11.3 Å². The van der Waals surface area contributed by atoms with Crippen LogP contribution in [0.15, 0.2) is 41.9 Å². The van der Waals surface area contributed by atoms with Gasteiger partial charge in [-0.25, -0.2) is 4.98 Å². The molecule has 2 aromatic rings. The fourth-order valence-electron chi connectivity index (χ4n) is 1.41. The third-order valence-electron chi connectivity index (χ3n) is 2.40. The van der Waals surface area contributed by atoms with E-state index in [9.17, 15) is 9.59 Å². The Bertz CT molecular complexity index is 555. The first-order chi connectivity index (χ1) is 9.16. The van der Waals surface area contributed by atoms with E-state index in [1.54, 1.807) is 43.5 Å². The maximum Gasteiger partial charge on any atom is 0.261 e. The zero-order chi connectivity index (χ0) is 13.7. The highest BCUT2D eigenvalue weighted by atomic mass is 32.1. The van der Waals surface area contributed by atoms with E-state index >= 15 is 0 Å². The van der Waals surface area contributed by atoms with E-state index in [-0.39, 0.29) is 11.8 Å². The molecule has 0 bridgehead atoms. The molecular formula is C13H13N3O2S. The number of amides is 2. The summed E-state index contributed by atoms with van der Waals surface area (Å²) >= 11 is 1.33. The van der Waals surface area contributed by atoms with Crippen molar-refractivity contribution in [3.8, 4) is 0 Å². The van der Waals surface area contributed by atoms with Crippen LogP contribution in [0.2, 0.25) is 0 Å². The molecule has 2 rings (SSSR count). The predicted molar refractivity (Wildman–Crippen MR) is 74.1 cm³/mol. The van der Waals surface area contributed by atoms with Gasteiger partial charge in [-0.05, 0) is 30.5 Å². The number of anilines is 1. The maximum atomic E-state index is 11.9. The highest BCUT2D eigenvalue weighted by Crippen LogP contribution is 2.08. The van der Waals surface area contributed by atoms with Gasteiger partial charge in [-0.1, -0.05) is 12.1 Å². The molecule has 0 aliphatic rings. The second-order valence-electron chi connectivity index (χ2n) is 3.88. The molecule has 2 aromatic heterocycles. The van der Waals surface area contributed by atoms with Gasteiger partial charge in [-0.2, -0.15) is 0 Å². The van der Waals surface area contributed by atoms with Crippen LogP contribution in [0.25, 0.3) is 0 Å². The summed E-state index contributed by atoms with van der Waals surface area (Å²) in [5.41, 5.74) is 0. The Labute approximate surface area is 114 Å². The van der Waals surface area contributed by atoms with Gasteiger partial charge in [0.15, 0.2) is 0 Å². The first-order valence-corrected chi connectivity index (χ1v) is 6.61. The van der Waals surface area contributed by atoms with Gasteiger partial charge in [0.25, 0.3) is 5.91 Å². The Kier molecular flexibility index (Phi) is 4.25. The van der Waals surface area contributed by atoms with Crippen molar-refractivity contribution < 1.29 is 9.59 Å². The number of nitrogens with zero attached hydrogens (tertiary/aromatic N) is 1. The van der Waals surface area contributed by atoms with Crippen molar-refractivity contribution in [1.29, 1.82) is 0 Å². The second kappa shape index (κ2) is 6.10. The van der Waals surface area contributed by atoms with Crippen LogP contribution in [0.4, 0.5) is 5.82 Å². The highest BCUT2D eigenvalue weighted by molar-refractivity contribution is 7.12. The van der Waals surface area contributed by atoms with Gasteiger partial charge in [0.2, 0.25) is 5.91 Å². The van der Waals surface area contributed by atoms with E-state index < -0.39 is 6.04 Å². The molecule has 0 saturated carbocycles. The van der Waals surface area contributed by atoms with Crippen molar-refractivity contribution in [3.05, 3.63) is 46.8 Å². The third-order valence-corrected chi connectivity index (χ3v) is 3.27. The lowest BCUT2D eigenvalue weighted by Gasteiger charge is -2.12. The number of thiophene rings is 1. The number of carbonyl (C=O) groups is 2. The monoisotopic (exact) mass is 275 g/mol. The first kappa shape index (κ1) is 13.2. The van der Waals surface area contributed by atoms with Gasteiger partial charge in [-0.15, -0.1) is 11.3 Å². The molecule has 0 unspecified atom stereocenters. The second-order valence-corrected chi connectivity index (χ2v) is 4.82. The maximum absolute atomic E-state index is 11.9. The van der Waals surface area contributed by atoms with E-state index in [0.29, 0.717) is 10.7 Å². The number of carbonyl (C=O) groups excluding carboxylic acids is 2. The summed E-state index contributed by atoms with van der Waals surface area (Å²) in [5, 5.41) is 7.08. The smallest absolute Gasteiger partial charge is 0.261 e. The summed E-state index contributed by atoms with van der Waals surface area (Å²) in [7, 11) is 0. The van der Waals surface area contributed by atoms with Crippen LogP contribution in [0.1, 0.15) is 16.6 Å². The zero-order valence-electron chi connectivity index (χ0n) is 10.3. The van der Waals surface area contributed by atoms with Crippen LogP contribution in [0.5, 0.6) is 0 Å². The molecule has 5 nitrogen and oxygen atoms in total. The molecule has 0 fully saturated rings. The van der Waals surface area contributed by atoms with Crippen LogP contribution in [0, 0.1) is 0 Å². The minimum absolute atomic E-state index is 0.251. The summed E-state index contributed by atoms with van der Waals surface area (Å²) in [5.74, 6) is -0.0907. The Hall–Kier alpha value is -2.21.